The predicted molar refractivity (Wildman–Crippen MR) is 104 cm³/mol. The summed E-state index contributed by atoms with van der Waals surface area (Å²) >= 11 is 0. The standard InChI is InChI=1S/C22H25NO4/c24-21(14-17-8-4-5-12-20(17)22(25)26)23-18-9-6-7-16(13-18)15-27-19-10-2-1-3-11-19/h4-9,12-13,19H,1-3,10-11,14-15H2,(H,23,24)(H,25,26). The summed E-state index contributed by atoms with van der Waals surface area (Å²) in [7, 11) is 0. The Morgan fingerprint density at radius 1 is 1.04 bits per heavy atom. The van der Waals surface area contributed by atoms with Crippen LogP contribution in [0.1, 0.15) is 53.6 Å². The number of carboxylic acids is 1. The van der Waals surface area contributed by atoms with Gasteiger partial charge in [0, 0.05) is 5.69 Å². The summed E-state index contributed by atoms with van der Waals surface area (Å²) < 4.78 is 5.99. The molecule has 2 N–H and O–H groups in total. The molecule has 3 rings (SSSR count). The van der Waals surface area contributed by atoms with Crippen LogP contribution >= 0.6 is 0 Å². The van der Waals surface area contributed by atoms with Gasteiger partial charge in [-0.1, -0.05) is 49.6 Å². The highest BCUT2D eigenvalue weighted by atomic mass is 16.5. The topological polar surface area (TPSA) is 75.6 Å². The quantitative estimate of drug-likeness (QED) is 0.760. The highest BCUT2D eigenvalue weighted by Crippen LogP contribution is 2.22. The fraction of sp³-hybridized carbons (Fsp3) is 0.364. The van der Waals surface area contributed by atoms with E-state index in [1.54, 1.807) is 18.2 Å². The van der Waals surface area contributed by atoms with E-state index in [1.807, 2.05) is 24.3 Å². The molecule has 0 spiro atoms. The van der Waals surface area contributed by atoms with E-state index in [1.165, 1.54) is 25.3 Å². The minimum atomic E-state index is -1.03. The Labute approximate surface area is 159 Å². The molecule has 1 amide bonds. The Balaban J connectivity index is 1.57. The van der Waals surface area contributed by atoms with Crippen LogP contribution < -0.4 is 5.32 Å². The van der Waals surface area contributed by atoms with Gasteiger partial charge >= 0.3 is 5.97 Å². The van der Waals surface area contributed by atoms with E-state index in [9.17, 15) is 14.7 Å². The molecular formula is C22H25NO4. The lowest BCUT2D eigenvalue weighted by molar-refractivity contribution is -0.115. The highest BCUT2D eigenvalue weighted by molar-refractivity contribution is 5.96. The molecule has 0 bridgehead atoms. The van der Waals surface area contributed by atoms with Gasteiger partial charge in [0.1, 0.15) is 0 Å². The van der Waals surface area contributed by atoms with Crippen molar-refractivity contribution in [3.05, 3.63) is 65.2 Å². The number of hydrogen-bond donors (Lipinski definition) is 2. The summed E-state index contributed by atoms with van der Waals surface area (Å²) in [5, 5.41) is 12.1. The second-order valence-electron chi connectivity index (χ2n) is 6.96. The van der Waals surface area contributed by atoms with Gasteiger partial charge in [0.25, 0.3) is 0 Å². The van der Waals surface area contributed by atoms with Crippen LogP contribution in [0.25, 0.3) is 0 Å². The van der Waals surface area contributed by atoms with Crippen LogP contribution in [-0.2, 0) is 22.6 Å². The number of rotatable bonds is 7. The van der Waals surface area contributed by atoms with Crippen LogP contribution in [0, 0.1) is 0 Å². The van der Waals surface area contributed by atoms with Gasteiger partial charge in [-0.25, -0.2) is 4.79 Å². The number of hydrogen-bond acceptors (Lipinski definition) is 3. The first kappa shape index (κ1) is 19.1. The van der Waals surface area contributed by atoms with E-state index in [0.29, 0.717) is 24.0 Å². The number of nitrogens with one attached hydrogen (secondary N) is 1. The number of aromatic carboxylic acids is 1. The van der Waals surface area contributed by atoms with Crippen LogP contribution in [0.3, 0.4) is 0 Å². The number of carboxylic acid groups (broad SMARTS) is 1. The Morgan fingerprint density at radius 2 is 1.81 bits per heavy atom. The van der Waals surface area contributed by atoms with Gasteiger partial charge in [-0.05, 0) is 42.2 Å². The normalized spacial score (nSPS) is 14.7. The fourth-order valence-corrected chi connectivity index (χ4v) is 3.45. The van der Waals surface area contributed by atoms with Crippen molar-refractivity contribution in [2.24, 2.45) is 0 Å². The third kappa shape index (κ3) is 5.66. The first-order valence-corrected chi connectivity index (χ1v) is 9.43. The maximum atomic E-state index is 12.3. The lowest BCUT2D eigenvalue weighted by atomic mass is 9.98. The molecule has 2 aromatic rings. The summed E-state index contributed by atoms with van der Waals surface area (Å²) in [6, 6.07) is 14.2. The van der Waals surface area contributed by atoms with Crippen molar-refractivity contribution in [1.82, 2.24) is 0 Å². The molecule has 1 fully saturated rings. The Bertz CT molecular complexity index is 796. The lowest BCUT2D eigenvalue weighted by Gasteiger charge is -2.22. The van der Waals surface area contributed by atoms with Gasteiger partial charge in [0.05, 0.1) is 24.7 Å². The smallest absolute Gasteiger partial charge is 0.335 e. The van der Waals surface area contributed by atoms with Crippen molar-refractivity contribution in [3.63, 3.8) is 0 Å². The molecule has 5 heteroatoms. The maximum absolute atomic E-state index is 12.3. The molecular weight excluding hydrogens is 342 g/mol. The molecule has 0 aromatic heterocycles. The predicted octanol–water partition coefficient (Wildman–Crippen LogP) is 4.42. The first-order chi connectivity index (χ1) is 13.1. The van der Waals surface area contributed by atoms with Crippen molar-refractivity contribution in [3.8, 4) is 0 Å². The first-order valence-electron chi connectivity index (χ1n) is 9.43. The minimum Gasteiger partial charge on any atom is -0.478 e. The van der Waals surface area contributed by atoms with Gasteiger partial charge in [-0.15, -0.1) is 0 Å². The van der Waals surface area contributed by atoms with E-state index >= 15 is 0 Å². The lowest BCUT2D eigenvalue weighted by Crippen LogP contribution is -2.17. The molecule has 1 aliphatic carbocycles. The summed E-state index contributed by atoms with van der Waals surface area (Å²) in [5.41, 5.74) is 2.36. The summed E-state index contributed by atoms with van der Waals surface area (Å²) in [4.78, 5) is 23.6. The zero-order chi connectivity index (χ0) is 19.1. The number of carbonyl (C=O) groups is 2. The molecule has 27 heavy (non-hydrogen) atoms. The zero-order valence-corrected chi connectivity index (χ0v) is 15.3. The number of amides is 1. The maximum Gasteiger partial charge on any atom is 0.335 e. The number of benzene rings is 2. The van der Waals surface area contributed by atoms with Crippen LogP contribution in [0.2, 0.25) is 0 Å². The third-order valence-electron chi connectivity index (χ3n) is 4.85. The Hall–Kier alpha value is -2.66. The van der Waals surface area contributed by atoms with E-state index in [2.05, 4.69) is 5.32 Å². The average Bonchev–Trinajstić information content (AvgIpc) is 2.67. The second kappa shape index (κ2) is 9.33. The molecule has 0 heterocycles. The number of ether oxygens (including phenoxy) is 1. The summed E-state index contributed by atoms with van der Waals surface area (Å²) in [6.45, 7) is 0.538. The van der Waals surface area contributed by atoms with Crippen molar-refractivity contribution in [2.45, 2.75) is 51.2 Å². The molecule has 0 aliphatic heterocycles. The van der Waals surface area contributed by atoms with Crippen LogP contribution in [0.4, 0.5) is 5.69 Å². The van der Waals surface area contributed by atoms with Gasteiger partial charge < -0.3 is 15.2 Å². The van der Waals surface area contributed by atoms with Crippen LogP contribution in [0.15, 0.2) is 48.5 Å². The van der Waals surface area contributed by atoms with E-state index in [-0.39, 0.29) is 17.9 Å². The van der Waals surface area contributed by atoms with Gasteiger partial charge in [-0.3, -0.25) is 4.79 Å². The molecule has 0 unspecified atom stereocenters. The van der Waals surface area contributed by atoms with Gasteiger partial charge in [0.2, 0.25) is 5.91 Å². The molecule has 142 valence electrons. The molecule has 1 saturated carbocycles. The molecule has 0 saturated heterocycles. The number of anilines is 1. The van der Waals surface area contributed by atoms with E-state index < -0.39 is 5.97 Å². The molecule has 0 radical (unpaired) electrons. The van der Waals surface area contributed by atoms with Crippen LogP contribution in [0.5, 0.6) is 0 Å². The monoisotopic (exact) mass is 367 g/mol. The Kier molecular flexibility index (Phi) is 6.60. The molecule has 0 atom stereocenters. The van der Waals surface area contributed by atoms with Crippen molar-refractivity contribution >= 4 is 17.6 Å². The van der Waals surface area contributed by atoms with Gasteiger partial charge in [0.15, 0.2) is 0 Å². The van der Waals surface area contributed by atoms with Crippen LogP contribution in [-0.4, -0.2) is 23.1 Å². The van der Waals surface area contributed by atoms with Crippen molar-refractivity contribution in [2.75, 3.05) is 5.32 Å². The number of carbonyl (C=O) groups excluding carboxylic acids is 1. The minimum absolute atomic E-state index is 0.0191. The molecule has 2 aromatic carbocycles. The van der Waals surface area contributed by atoms with Gasteiger partial charge in [-0.2, -0.15) is 0 Å². The fourth-order valence-electron chi connectivity index (χ4n) is 3.45. The highest BCUT2D eigenvalue weighted by Gasteiger charge is 2.14. The van der Waals surface area contributed by atoms with E-state index in [4.69, 9.17) is 4.74 Å². The third-order valence-corrected chi connectivity index (χ3v) is 4.85. The van der Waals surface area contributed by atoms with Crippen molar-refractivity contribution in [1.29, 1.82) is 0 Å². The summed E-state index contributed by atoms with van der Waals surface area (Å²) in [5.74, 6) is -1.27. The average molecular weight is 367 g/mol. The van der Waals surface area contributed by atoms with E-state index in [0.717, 1.165) is 18.4 Å². The molecule has 1 aliphatic rings. The van der Waals surface area contributed by atoms with Crippen molar-refractivity contribution < 1.29 is 19.4 Å². The summed E-state index contributed by atoms with van der Waals surface area (Å²) in [6.07, 6.45) is 6.37. The SMILES string of the molecule is O=C(Cc1ccccc1C(=O)O)Nc1cccc(COC2CCCCC2)c1. The second-order valence-corrected chi connectivity index (χ2v) is 6.96. The molecule has 5 nitrogen and oxygen atoms in total. The zero-order valence-electron chi connectivity index (χ0n) is 15.3. The Morgan fingerprint density at radius 3 is 2.59 bits per heavy atom. The largest absolute Gasteiger partial charge is 0.478 e.